The van der Waals surface area contributed by atoms with Crippen LogP contribution in [0.15, 0.2) is 23.2 Å². The van der Waals surface area contributed by atoms with Crippen LogP contribution in [0.1, 0.15) is 5.56 Å². The number of benzene rings is 1. The zero-order valence-electron chi connectivity index (χ0n) is 6.94. The van der Waals surface area contributed by atoms with E-state index in [4.69, 9.17) is 0 Å². The minimum Gasteiger partial charge on any atom is -0.211 e. The lowest BCUT2D eigenvalue weighted by molar-refractivity contribution is 0.565. The fraction of sp³-hybridized carbons (Fsp3) is 0.111. The molecule has 1 aromatic carbocycles. The van der Waals surface area contributed by atoms with Crippen LogP contribution < -0.4 is 0 Å². The van der Waals surface area contributed by atoms with E-state index in [0.717, 1.165) is 15.6 Å². The molecular weight excluding hydrogens is 184 g/mol. The number of hydrogen-bond donors (Lipinski definition) is 0. The molecule has 0 saturated carbocycles. The molecule has 0 aliphatic rings. The Balaban J connectivity index is 2.78. The molecule has 3 nitrogen and oxygen atoms in total. The van der Waals surface area contributed by atoms with E-state index >= 15 is 0 Å². The topological polar surface area (TPSA) is 42.3 Å². The summed E-state index contributed by atoms with van der Waals surface area (Å²) in [6.07, 6.45) is 1.50. The van der Waals surface area contributed by atoms with Crippen LogP contribution in [0.3, 0.4) is 0 Å². The first-order valence-corrected chi connectivity index (χ1v) is 4.52. The van der Waals surface area contributed by atoms with E-state index in [0.29, 0.717) is 5.82 Å². The minimum absolute atomic E-state index is 0.471. The van der Waals surface area contributed by atoms with Crippen LogP contribution in [0, 0.1) is 6.92 Å². The molecule has 0 radical (unpaired) electrons. The zero-order chi connectivity index (χ0) is 9.26. The number of rotatable bonds is 1. The summed E-state index contributed by atoms with van der Waals surface area (Å²) in [6, 6.07) is 5.95. The van der Waals surface area contributed by atoms with Gasteiger partial charge in [-0.1, -0.05) is 11.6 Å². The van der Waals surface area contributed by atoms with E-state index in [1.807, 2.05) is 25.1 Å². The number of carbonyl (C=O) groups excluding carboxylic acids is 1. The van der Waals surface area contributed by atoms with Crippen molar-refractivity contribution in [3.8, 4) is 0 Å². The number of aryl methyl sites for hydroxylation is 1. The van der Waals surface area contributed by atoms with Crippen LogP contribution in [-0.2, 0) is 4.79 Å². The van der Waals surface area contributed by atoms with Crippen molar-refractivity contribution in [3.05, 3.63) is 23.8 Å². The van der Waals surface area contributed by atoms with Crippen LogP contribution >= 0.6 is 11.5 Å². The van der Waals surface area contributed by atoms with Crippen molar-refractivity contribution in [1.29, 1.82) is 0 Å². The first kappa shape index (κ1) is 8.10. The van der Waals surface area contributed by atoms with Gasteiger partial charge in [-0.05, 0) is 30.6 Å². The Morgan fingerprint density at radius 3 is 3.15 bits per heavy atom. The van der Waals surface area contributed by atoms with Crippen molar-refractivity contribution in [2.24, 2.45) is 4.99 Å². The van der Waals surface area contributed by atoms with E-state index in [1.165, 1.54) is 17.6 Å². The quantitative estimate of drug-likeness (QED) is 0.512. The Hall–Kier alpha value is -1.51. The van der Waals surface area contributed by atoms with Gasteiger partial charge in [0.1, 0.15) is 0 Å². The van der Waals surface area contributed by atoms with Gasteiger partial charge in [0, 0.05) is 5.39 Å². The monoisotopic (exact) mass is 190 g/mol. The van der Waals surface area contributed by atoms with Crippen LogP contribution in [-0.4, -0.2) is 10.5 Å². The zero-order valence-corrected chi connectivity index (χ0v) is 7.76. The molecule has 0 saturated heterocycles. The minimum atomic E-state index is 0.471. The van der Waals surface area contributed by atoms with Gasteiger partial charge in [-0.25, -0.2) is 4.79 Å². The van der Waals surface area contributed by atoms with Gasteiger partial charge < -0.3 is 0 Å². The molecule has 0 fully saturated rings. The predicted octanol–water partition coefficient (Wildman–Crippen LogP) is 2.57. The number of aromatic nitrogens is 1. The second-order valence-electron chi connectivity index (χ2n) is 2.71. The predicted molar refractivity (Wildman–Crippen MR) is 52.1 cm³/mol. The molecule has 0 aliphatic heterocycles. The number of nitrogens with zero attached hydrogens (tertiary/aromatic N) is 2. The molecule has 1 heterocycles. The Bertz CT molecular complexity index is 497. The summed E-state index contributed by atoms with van der Waals surface area (Å²) in [4.78, 5) is 13.6. The van der Waals surface area contributed by atoms with Gasteiger partial charge in [0.05, 0.1) is 4.70 Å². The maximum absolute atomic E-state index is 10.1. The second kappa shape index (κ2) is 3.09. The molecule has 1 aromatic heterocycles. The molecule has 0 amide bonds. The molecule has 2 aromatic rings. The molecular formula is C9H6N2OS. The Kier molecular flexibility index (Phi) is 1.93. The summed E-state index contributed by atoms with van der Waals surface area (Å²) in [7, 11) is 0. The lowest BCUT2D eigenvalue weighted by Crippen LogP contribution is -1.69. The molecule has 0 spiro atoms. The SMILES string of the molecule is Cc1ccc2snc(N=C=O)c2c1. The third-order valence-corrected chi connectivity index (χ3v) is 2.57. The highest BCUT2D eigenvalue weighted by Crippen LogP contribution is 2.28. The highest BCUT2D eigenvalue weighted by Gasteiger charge is 2.03. The molecule has 0 aliphatic carbocycles. The Morgan fingerprint density at radius 1 is 1.54 bits per heavy atom. The summed E-state index contributed by atoms with van der Waals surface area (Å²) < 4.78 is 5.08. The highest BCUT2D eigenvalue weighted by atomic mass is 32.1. The second-order valence-corrected chi connectivity index (χ2v) is 3.51. The Labute approximate surface area is 78.9 Å². The number of isocyanates is 1. The van der Waals surface area contributed by atoms with Crippen molar-refractivity contribution in [2.75, 3.05) is 0 Å². The van der Waals surface area contributed by atoms with Crippen LogP contribution in [0.4, 0.5) is 5.82 Å². The van der Waals surface area contributed by atoms with Crippen LogP contribution in [0.2, 0.25) is 0 Å². The average molecular weight is 190 g/mol. The highest BCUT2D eigenvalue weighted by molar-refractivity contribution is 7.13. The molecule has 64 valence electrons. The number of aliphatic imine (C=N–C) groups is 1. The number of hydrogen-bond acceptors (Lipinski definition) is 4. The smallest absolute Gasteiger partial charge is 0.211 e. The maximum atomic E-state index is 10.1. The summed E-state index contributed by atoms with van der Waals surface area (Å²) in [5.41, 5.74) is 1.13. The van der Waals surface area contributed by atoms with Crippen molar-refractivity contribution in [3.63, 3.8) is 0 Å². The molecule has 0 unspecified atom stereocenters. The summed E-state index contributed by atoms with van der Waals surface area (Å²) in [5, 5.41) is 0.924. The van der Waals surface area contributed by atoms with Gasteiger partial charge in [-0.3, -0.25) is 0 Å². The van der Waals surface area contributed by atoms with Crippen LogP contribution in [0.5, 0.6) is 0 Å². The molecule has 0 atom stereocenters. The van der Waals surface area contributed by atoms with Gasteiger partial charge in [-0.2, -0.15) is 4.37 Å². The van der Waals surface area contributed by atoms with E-state index in [9.17, 15) is 4.79 Å². The fourth-order valence-corrected chi connectivity index (χ4v) is 1.87. The van der Waals surface area contributed by atoms with E-state index in [-0.39, 0.29) is 0 Å². The largest absolute Gasteiger partial charge is 0.242 e. The van der Waals surface area contributed by atoms with Gasteiger partial charge >= 0.3 is 0 Å². The van der Waals surface area contributed by atoms with E-state index in [1.54, 1.807) is 0 Å². The summed E-state index contributed by atoms with van der Waals surface area (Å²) in [6.45, 7) is 1.99. The summed E-state index contributed by atoms with van der Waals surface area (Å²) in [5.74, 6) is 0.471. The standard InChI is InChI=1S/C9H6N2OS/c1-6-2-3-8-7(4-6)9(10-5-12)11-13-8/h2-4H,1H3. The first-order chi connectivity index (χ1) is 6.31. The molecule has 0 bridgehead atoms. The van der Waals surface area contributed by atoms with E-state index in [2.05, 4.69) is 9.37 Å². The van der Waals surface area contributed by atoms with Gasteiger partial charge in [0.2, 0.25) is 6.08 Å². The fourth-order valence-electron chi connectivity index (χ4n) is 1.16. The molecule has 2 rings (SSSR count). The average Bonchev–Trinajstić information content (AvgIpc) is 2.49. The molecule has 4 heteroatoms. The van der Waals surface area contributed by atoms with Gasteiger partial charge in [0.25, 0.3) is 0 Å². The first-order valence-electron chi connectivity index (χ1n) is 3.75. The third kappa shape index (κ3) is 1.37. The van der Waals surface area contributed by atoms with Crippen molar-refractivity contribution in [1.82, 2.24) is 4.37 Å². The Morgan fingerprint density at radius 2 is 2.38 bits per heavy atom. The van der Waals surface area contributed by atoms with Crippen molar-refractivity contribution in [2.45, 2.75) is 6.92 Å². The number of fused-ring (bicyclic) bond motifs is 1. The molecule has 0 N–H and O–H groups in total. The van der Waals surface area contributed by atoms with Gasteiger partial charge in [0.15, 0.2) is 5.82 Å². The summed E-state index contributed by atoms with van der Waals surface area (Å²) >= 11 is 1.34. The van der Waals surface area contributed by atoms with Gasteiger partial charge in [-0.15, -0.1) is 4.99 Å². The van der Waals surface area contributed by atoms with Crippen molar-refractivity contribution < 1.29 is 4.79 Å². The van der Waals surface area contributed by atoms with E-state index < -0.39 is 0 Å². The third-order valence-electron chi connectivity index (χ3n) is 1.76. The maximum Gasteiger partial charge on any atom is 0.242 e. The van der Waals surface area contributed by atoms with Crippen LogP contribution in [0.25, 0.3) is 10.1 Å². The van der Waals surface area contributed by atoms with Crippen molar-refractivity contribution >= 4 is 33.5 Å². The normalized spacial score (nSPS) is 9.92. The lowest BCUT2D eigenvalue weighted by Gasteiger charge is -1.90. The lowest BCUT2D eigenvalue weighted by atomic mass is 10.2. The molecule has 13 heavy (non-hydrogen) atoms.